The molecule has 4 amide bonds. The van der Waals surface area contributed by atoms with Gasteiger partial charge >= 0.3 is 0 Å². The van der Waals surface area contributed by atoms with Gasteiger partial charge in [0.25, 0.3) is 0 Å². The molecular weight excluding hydrogens is 1460 g/mol. The fourth-order valence-corrected chi connectivity index (χ4v) is 12.4. The van der Waals surface area contributed by atoms with Gasteiger partial charge in [-0.2, -0.15) is 0 Å². The Hall–Kier alpha value is -2.84. The molecule has 0 aromatic carbocycles. The van der Waals surface area contributed by atoms with Crippen molar-refractivity contribution in [2.75, 3.05) is 279 Å². The van der Waals surface area contributed by atoms with Crippen molar-refractivity contribution in [2.45, 2.75) is 290 Å². The second kappa shape index (κ2) is 72.6. The molecular formula is C90H199N20O6+. The van der Waals surface area contributed by atoms with Crippen LogP contribution in [-0.2, 0) is 28.7 Å². The number of quaternary nitrogens is 1. The van der Waals surface area contributed by atoms with Crippen molar-refractivity contribution in [3.05, 3.63) is 0 Å². The molecule has 694 valence electrons. The Kier molecular flexibility index (Phi) is 73.4. The number of nitrogens with one attached hydrogen (secondary N) is 7. The first-order valence-electron chi connectivity index (χ1n) is 46.3. The van der Waals surface area contributed by atoms with Crippen LogP contribution in [0.2, 0.25) is 0 Å². The number of ether oxygens (including phenoxy) is 2. The van der Waals surface area contributed by atoms with E-state index in [0.29, 0.717) is 44.3 Å². The van der Waals surface area contributed by atoms with Crippen LogP contribution in [-0.4, -0.2) is 439 Å². The van der Waals surface area contributed by atoms with Gasteiger partial charge in [-0.25, -0.2) is 0 Å². The molecule has 26 nitrogen and oxygen atoms in total. The van der Waals surface area contributed by atoms with E-state index in [9.17, 15) is 19.2 Å². The second-order valence-electron chi connectivity index (χ2n) is 37.5. The van der Waals surface area contributed by atoms with Crippen LogP contribution in [0.1, 0.15) is 218 Å². The molecule has 9 aliphatic rings. The third kappa shape index (κ3) is 72.8. The highest BCUT2D eigenvalue weighted by Gasteiger charge is 2.22. The first-order valence-corrected chi connectivity index (χ1v) is 46.3. The highest BCUT2D eigenvalue weighted by Crippen LogP contribution is 2.13. The normalized spacial score (nSPS) is 19.6. The van der Waals surface area contributed by atoms with Gasteiger partial charge in [0.1, 0.15) is 0 Å². The molecule has 9 fully saturated rings. The topological polar surface area (TPSA) is 210 Å². The molecule has 0 bridgehead atoms. The van der Waals surface area contributed by atoms with E-state index in [1.54, 1.807) is 0 Å². The van der Waals surface area contributed by atoms with Crippen molar-refractivity contribution in [2.24, 2.45) is 0 Å². The maximum Gasteiger partial charge on any atom is 0.234 e. The molecule has 9 saturated heterocycles. The molecule has 0 aliphatic carbocycles. The molecule has 7 N–H and O–H groups in total. The Morgan fingerprint density at radius 3 is 0.793 bits per heavy atom. The number of carbonyl (C=O) groups is 4. The number of piperazine rings is 4. The van der Waals surface area contributed by atoms with Gasteiger partial charge in [-0.05, 0) is 265 Å². The molecule has 0 radical (unpaired) electrons. The minimum atomic E-state index is 0.108. The van der Waals surface area contributed by atoms with E-state index >= 15 is 0 Å². The standard InChI is InChI=1S/C10H21N3O.C10H20N2O.C9H19N3O.C9H18N2O2.C8H18N2.C8H17N.C7H16N2.C7H15NO.C7H15N.C6H16N.C5H13N.C4H11N/c1-9(2)11-10(14)8-13-6-4-12(3)5-7-13;1-9(2)11-10(13)8-12-6-4-3-5-7-12;1-8(2)11-9(13)7-12-5-3-10-4-6-12;1-8(2)10-9(12)7-11-3-5-13-6-4-11;1-8(2)10-6-4-9(3)5-7-10;1-8(2)9-6-4-3-5-7-9;1-7(2)9-5-3-8-4-6-9;1-7(2)8-3-5-9-6-4-8;1-7(2)8-5-3-4-6-8;1-6(2)7(3,4)5;1-5(2)6(3)4;1-4(2)5-3/h9H,4-8H2,1-3H3,(H,11,14);9H,3-8H2,1-2H3,(H,11,13);8,10H,3-7H2,1-2H3,(H,11,13);8H,3-7H2,1-2H3,(H,10,12);8H,4-7H2,1-3H3;8H,3-7H2,1-2H3;7-8H,3-6H2,1-2H3;7H,3-6H2,1-2H3;7H,3-6H2,1-2H3;6H,1-5H3;5H,1-4H3;4-5H,1-3H3/q;;;;;;;;;+1;;. The monoisotopic (exact) mass is 1660 g/mol. The van der Waals surface area contributed by atoms with Crippen molar-refractivity contribution in [1.29, 1.82) is 0 Å². The lowest BCUT2D eigenvalue weighted by Gasteiger charge is -2.34. The number of hydrogen-bond donors (Lipinski definition) is 7. The van der Waals surface area contributed by atoms with Gasteiger partial charge in [0.05, 0.1) is 79.8 Å². The summed E-state index contributed by atoms with van der Waals surface area (Å²) >= 11 is 0. The number of morpholine rings is 2. The SMILES string of the molecule is CC(C)N(C)C.CC(C)N1CCCC1.CC(C)N1CCCCC1.CC(C)N1CCN(C)CC1.CC(C)N1CCNCC1.CC(C)N1CCOCC1.CC(C)NC(=O)CN1CCCCC1.CC(C)NC(=O)CN1CCN(C)CC1.CC(C)NC(=O)CN1CCNCC1.CC(C)NC(=O)CN1CCOCC1.CC(C)[N+](C)(C)C.CNC(C)C. The number of hydrogen-bond acceptors (Lipinski definition) is 21. The van der Waals surface area contributed by atoms with Crippen LogP contribution < -0.4 is 37.2 Å². The van der Waals surface area contributed by atoms with E-state index in [2.05, 4.69) is 256 Å². The first kappa shape index (κ1) is 117. The molecule has 9 heterocycles. The van der Waals surface area contributed by atoms with Crippen LogP contribution in [0.3, 0.4) is 0 Å². The van der Waals surface area contributed by atoms with E-state index < -0.39 is 0 Å². The third-order valence-electron chi connectivity index (χ3n) is 21.7. The predicted octanol–water partition coefficient (Wildman–Crippen LogP) is 7.73. The van der Waals surface area contributed by atoms with Crippen LogP contribution in [0.5, 0.6) is 0 Å². The quantitative estimate of drug-likeness (QED) is 0.0582. The Bertz CT molecular complexity index is 2070. The number of piperidine rings is 2. The number of nitrogens with zero attached hydrogens (tertiary/aromatic N) is 13. The predicted molar refractivity (Wildman–Crippen MR) is 498 cm³/mol. The summed E-state index contributed by atoms with van der Waals surface area (Å²) in [6.45, 7) is 86.2. The Morgan fingerprint density at radius 2 is 0.543 bits per heavy atom. The van der Waals surface area contributed by atoms with Gasteiger partial charge < -0.3 is 75.7 Å². The van der Waals surface area contributed by atoms with Crippen molar-refractivity contribution < 1.29 is 33.1 Å². The van der Waals surface area contributed by atoms with Crippen molar-refractivity contribution >= 4 is 23.6 Å². The maximum atomic E-state index is 11.4. The first-order chi connectivity index (χ1) is 54.4. The minimum Gasteiger partial charge on any atom is -0.379 e. The van der Waals surface area contributed by atoms with E-state index in [1.165, 1.54) is 117 Å². The molecule has 9 rings (SSSR count). The maximum absolute atomic E-state index is 11.4. The Labute approximate surface area is 718 Å². The van der Waals surface area contributed by atoms with Gasteiger partial charge in [-0.1, -0.05) is 26.7 Å². The highest BCUT2D eigenvalue weighted by atomic mass is 16.5. The van der Waals surface area contributed by atoms with Crippen molar-refractivity contribution in [3.8, 4) is 0 Å². The molecule has 0 atom stereocenters. The Morgan fingerprint density at radius 1 is 0.319 bits per heavy atom. The van der Waals surface area contributed by atoms with Crippen LogP contribution in [0.4, 0.5) is 0 Å². The number of likely N-dealkylation sites (tertiary alicyclic amines) is 3. The lowest BCUT2D eigenvalue weighted by molar-refractivity contribution is -0.891. The average Bonchev–Trinajstić information content (AvgIpc) is 1.38. The van der Waals surface area contributed by atoms with Crippen LogP contribution >= 0.6 is 0 Å². The summed E-state index contributed by atoms with van der Waals surface area (Å²) in [5.41, 5.74) is 0. The molecule has 0 aromatic rings. The third-order valence-corrected chi connectivity index (χ3v) is 21.7. The van der Waals surface area contributed by atoms with E-state index in [1.807, 2.05) is 62.4 Å². The number of rotatable bonds is 20. The summed E-state index contributed by atoms with van der Waals surface area (Å²) in [7, 11) is 17.0. The zero-order chi connectivity index (χ0) is 88.7. The molecule has 0 saturated carbocycles. The molecule has 0 aromatic heterocycles. The van der Waals surface area contributed by atoms with Crippen LogP contribution in [0.15, 0.2) is 0 Å². The van der Waals surface area contributed by atoms with E-state index in [4.69, 9.17) is 9.47 Å². The van der Waals surface area contributed by atoms with Gasteiger partial charge in [0.2, 0.25) is 23.6 Å². The average molecular weight is 1660 g/mol. The van der Waals surface area contributed by atoms with E-state index in [0.717, 1.165) is 166 Å². The Balaban J connectivity index is -0.00000121. The number of amides is 4. The summed E-state index contributed by atoms with van der Waals surface area (Å²) in [4.78, 5) is 73.6. The fourth-order valence-electron chi connectivity index (χ4n) is 12.4. The molecule has 0 unspecified atom stereocenters. The summed E-state index contributed by atoms with van der Waals surface area (Å²) < 4.78 is 11.5. The molecule has 0 spiro atoms. The largest absolute Gasteiger partial charge is 0.379 e. The summed E-state index contributed by atoms with van der Waals surface area (Å²) in [5.74, 6) is 0.551. The van der Waals surface area contributed by atoms with Crippen LogP contribution in [0.25, 0.3) is 0 Å². The smallest absolute Gasteiger partial charge is 0.234 e. The van der Waals surface area contributed by atoms with Crippen LogP contribution in [0, 0.1) is 0 Å². The zero-order valence-corrected chi connectivity index (χ0v) is 82.4. The lowest BCUT2D eigenvalue weighted by atomic mass is 10.1. The van der Waals surface area contributed by atoms with Gasteiger partial charge in [0, 0.05) is 197 Å². The van der Waals surface area contributed by atoms with Crippen molar-refractivity contribution in [1.82, 2.24) is 96.0 Å². The lowest BCUT2D eigenvalue weighted by Crippen LogP contribution is -2.48. The highest BCUT2D eigenvalue weighted by molar-refractivity contribution is 5.79. The van der Waals surface area contributed by atoms with Gasteiger partial charge in [0.15, 0.2) is 0 Å². The zero-order valence-electron chi connectivity index (χ0n) is 82.4. The molecule has 26 heteroatoms. The molecule has 9 aliphatic heterocycles. The number of carbonyl (C=O) groups excluding carboxylic acids is 4. The van der Waals surface area contributed by atoms with Gasteiger partial charge in [-0.3, -0.25) is 53.5 Å². The summed E-state index contributed by atoms with van der Waals surface area (Å²) in [6.07, 6.45) is 10.9. The van der Waals surface area contributed by atoms with Gasteiger partial charge in [-0.15, -0.1) is 0 Å². The second-order valence-corrected chi connectivity index (χ2v) is 37.5. The van der Waals surface area contributed by atoms with Crippen molar-refractivity contribution in [3.63, 3.8) is 0 Å². The molecule has 116 heavy (non-hydrogen) atoms. The summed E-state index contributed by atoms with van der Waals surface area (Å²) in [6, 6.07) is 6.73. The number of likely N-dealkylation sites (N-methyl/N-ethyl adjacent to an activating group) is 2. The minimum absolute atomic E-state index is 0.108. The fraction of sp³-hybridized carbons (Fsp3) is 0.956. The summed E-state index contributed by atoms with van der Waals surface area (Å²) in [5, 5.41) is 21.2. The van der Waals surface area contributed by atoms with E-state index in [-0.39, 0.29) is 47.8 Å².